The number of rotatable bonds is 7. The highest BCUT2D eigenvalue weighted by atomic mass is 19.4. The first-order valence-electron chi connectivity index (χ1n) is 11.1. The molecule has 0 aliphatic rings. The summed E-state index contributed by atoms with van der Waals surface area (Å²) in [7, 11) is 1.47. The third kappa shape index (κ3) is 5.45. The van der Waals surface area contributed by atoms with E-state index in [4.69, 9.17) is 4.74 Å². The van der Waals surface area contributed by atoms with Gasteiger partial charge in [-0.25, -0.2) is 14.4 Å². The SMILES string of the molecule is COc1c(C(C)C)cccc1C(C)(C)CC(O)(C=Nc1cc(F)cc2nc(C)ncc12)C(F)(F)F. The van der Waals surface area contributed by atoms with Crippen molar-refractivity contribution in [3.8, 4) is 5.75 Å². The molecule has 1 N–H and O–H groups in total. The van der Waals surface area contributed by atoms with Gasteiger partial charge in [0, 0.05) is 35.5 Å². The number of aromatic nitrogens is 2. The number of aliphatic hydroxyl groups is 1. The van der Waals surface area contributed by atoms with Gasteiger partial charge in [-0.2, -0.15) is 13.2 Å². The van der Waals surface area contributed by atoms with Crippen LogP contribution < -0.4 is 4.74 Å². The molecule has 5 nitrogen and oxygen atoms in total. The predicted octanol–water partition coefficient (Wildman–Crippen LogP) is 6.57. The van der Waals surface area contributed by atoms with Crippen LogP contribution in [-0.4, -0.2) is 40.2 Å². The first-order chi connectivity index (χ1) is 16.2. The van der Waals surface area contributed by atoms with E-state index in [-0.39, 0.29) is 22.5 Å². The Balaban J connectivity index is 2.09. The number of nitrogens with zero attached hydrogens (tertiary/aromatic N) is 3. The minimum atomic E-state index is -5.05. The number of alkyl halides is 3. The molecule has 9 heteroatoms. The third-order valence-corrected chi connectivity index (χ3v) is 5.98. The van der Waals surface area contributed by atoms with E-state index >= 15 is 0 Å². The van der Waals surface area contributed by atoms with Crippen LogP contribution in [0, 0.1) is 12.7 Å². The van der Waals surface area contributed by atoms with Crippen molar-refractivity contribution in [1.82, 2.24) is 9.97 Å². The Morgan fingerprint density at radius 3 is 2.46 bits per heavy atom. The minimum absolute atomic E-state index is 0.0795. The second-order valence-electron chi connectivity index (χ2n) is 9.60. The molecule has 188 valence electrons. The summed E-state index contributed by atoms with van der Waals surface area (Å²) in [5.74, 6) is 0.228. The van der Waals surface area contributed by atoms with E-state index in [2.05, 4.69) is 15.0 Å². The Kier molecular flexibility index (Phi) is 7.22. The van der Waals surface area contributed by atoms with Gasteiger partial charge in [-0.15, -0.1) is 0 Å². The van der Waals surface area contributed by atoms with Gasteiger partial charge in [-0.1, -0.05) is 45.9 Å². The lowest BCUT2D eigenvalue weighted by Gasteiger charge is -2.36. The Morgan fingerprint density at radius 2 is 1.86 bits per heavy atom. The molecule has 1 atom stereocenters. The molecule has 3 aromatic rings. The number of para-hydroxylation sites is 1. The van der Waals surface area contributed by atoms with Crippen molar-refractivity contribution in [3.05, 3.63) is 59.3 Å². The zero-order chi connectivity index (χ0) is 26.2. The number of aliphatic imine (C=N–C) groups is 1. The lowest BCUT2D eigenvalue weighted by Crippen LogP contribution is -2.50. The molecule has 0 aliphatic heterocycles. The summed E-state index contributed by atoms with van der Waals surface area (Å²) in [6.07, 6.45) is -4.00. The van der Waals surface area contributed by atoms with E-state index in [0.717, 1.165) is 17.7 Å². The summed E-state index contributed by atoms with van der Waals surface area (Å²) < 4.78 is 62.4. The minimum Gasteiger partial charge on any atom is -0.496 e. The standard InChI is InChI=1S/C26H29F4N3O2/c1-15(2)18-8-7-9-20(23(18)35-6)24(4,5)13-25(34,26(28,29)30)14-32-21-10-17(27)11-22-19(21)12-31-16(3)33-22/h7-12,14-15,34H,13H2,1-6H3. The van der Waals surface area contributed by atoms with Crippen LogP contribution in [0.4, 0.5) is 23.2 Å². The average molecular weight is 492 g/mol. The molecule has 1 aromatic heterocycles. The Bertz CT molecular complexity index is 1250. The van der Waals surface area contributed by atoms with Gasteiger partial charge in [0.2, 0.25) is 0 Å². The summed E-state index contributed by atoms with van der Waals surface area (Å²) in [6, 6.07) is 7.44. The van der Waals surface area contributed by atoms with Crippen molar-refractivity contribution in [2.24, 2.45) is 4.99 Å². The third-order valence-electron chi connectivity index (χ3n) is 5.98. The lowest BCUT2D eigenvalue weighted by molar-refractivity contribution is -0.234. The highest BCUT2D eigenvalue weighted by Crippen LogP contribution is 2.45. The molecule has 0 bridgehead atoms. The highest BCUT2D eigenvalue weighted by molar-refractivity contribution is 5.91. The van der Waals surface area contributed by atoms with Gasteiger partial charge in [-0.3, -0.25) is 4.99 Å². The zero-order valence-electron chi connectivity index (χ0n) is 20.5. The van der Waals surface area contributed by atoms with E-state index in [1.807, 2.05) is 19.9 Å². The van der Waals surface area contributed by atoms with E-state index in [9.17, 15) is 22.7 Å². The number of benzene rings is 2. The largest absolute Gasteiger partial charge is 0.496 e. The summed E-state index contributed by atoms with van der Waals surface area (Å²) in [5.41, 5.74) is -3.00. The molecule has 1 unspecified atom stereocenters. The topological polar surface area (TPSA) is 67.6 Å². The predicted molar refractivity (Wildman–Crippen MR) is 128 cm³/mol. The van der Waals surface area contributed by atoms with E-state index < -0.39 is 29.4 Å². The molecule has 0 saturated carbocycles. The monoisotopic (exact) mass is 491 g/mol. The van der Waals surface area contributed by atoms with Crippen LogP contribution in [-0.2, 0) is 5.41 Å². The second kappa shape index (κ2) is 9.53. The van der Waals surface area contributed by atoms with Crippen LogP contribution in [0.25, 0.3) is 10.9 Å². The van der Waals surface area contributed by atoms with Gasteiger partial charge >= 0.3 is 6.18 Å². The molecule has 0 spiro atoms. The number of aryl methyl sites for hydroxylation is 1. The van der Waals surface area contributed by atoms with Crippen molar-refractivity contribution in [1.29, 1.82) is 0 Å². The normalized spacial score (nSPS) is 14.6. The molecule has 3 rings (SSSR count). The van der Waals surface area contributed by atoms with E-state index in [1.165, 1.54) is 13.3 Å². The van der Waals surface area contributed by atoms with Crippen molar-refractivity contribution < 1.29 is 27.4 Å². The number of hydrogen-bond donors (Lipinski definition) is 1. The fraction of sp³-hybridized carbons (Fsp3) is 0.423. The lowest BCUT2D eigenvalue weighted by atomic mass is 9.74. The van der Waals surface area contributed by atoms with Gasteiger partial charge in [0.1, 0.15) is 17.4 Å². The Labute approximate surface area is 201 Å². The maximum atomic E-state index is 14.2. The summed E-state index contributed by atoms with van der Waals surface area (Å²) in [6.45, 7) is 8.74. The second-order valence-corrected chi connectivity index (χ2v) is 9.60. The van der Waals surface area contributed by atoms with Crippen molar-refractivity contribution in [3.63, 3.8) is 0 Å². The fourth-order valence-electron chi connectivity index (χ4n) is 4.22. The smallest absolute Gasteiger partial charge is 0.422 e. The number of ether oxygens (including phenoxy) is 1. The van der Waals surface area contributed by atoms with Crippen LogP contribution in [0.1, 0.15) is 57.0 Å². The maximum Gasteiger partial charge on any atom is 0.422 e. The van der Waals surface area contributed by atoms with Crippen LogP contribution in [0.15, 0.2) is 41.5 Å². The molecule has 0 aliphatic carbocycles. The number of fused-ring (bicyclic) bond motifs is 1. The first kappa shape index (κ1) is 26.5. The van der Waals surface area contributed by atoms with Crippen LogP contribution in [0.5, 0.6) is 5.75 Å². The molecular weight excluding hydrogens is 462 g/mol. The fourth-order valence-corrected chi connectivity index (χ4v) is 4.22. The zero-order valence-corrected chi connectivity index (χ0v) is 20.5. The van der Waals surface area contributed by atoms with E-state index in [1.54, 1.807) is 32.9 Å². The Hall–Kier alpha value is -3.07. The van der Waals surface area contributed by atoms with Crippen LogP contribution in [0.3, 0.4) is 0 Å². The van der Waals surface area contributed by atoms with Crippen LogP contribution >= 0.6 is 0 Å². The summed E-state index contributed by atoms with van der Waals surface area (Å²) in [5, 5.41) is 11.2. The van der Waals surface area contributed by atoms with Gasteiger partial charge in [-0.05, 0) is 30.2 Å². The first-order valence-corrected chi connectivity index (χ1v) is 11.1. The number of methoxy groups -OCH3 is 1. The van der Waals surface area contributed by atoms with Crippen molar-refractivity contribution in [2.45, 2.75) is 64.1 Å². The molecule has 2 aromatic carbocycles. The number of halogens is 4. The summed E-state index contributed by atoms with van der Waals surface area (Å²) in [4.78, 5) is 12.0. The summed E-state index contributed by atoms with van der Waals surface area (Å²) >= 11 is 0. The van der Waals surface area contributed by atoms with E-state index in [0.29, 0.717) is 23.4 Å². The molecular formula is C26H29F4N3O2. The number of hydrogen-bond acceptors (Lipinski definition) is 5. The molecule has 0 amide bonds. The molecule has 0 radical (unpaired) electrons. The Morgan fingerprint density at radius 1 is 1.17 bits per heavy atom. The molecule has 1 heterocycles. The van der Waals surface area contributed by atoms with Crippen LogP contribution in [0.2, 0.25) is 0 Å². The molecule has 0 fully saturated rings. The molecule has 35 heavy (non-hydrogen) atoms. The maximum absolute atomic E-state index is 14.2. The van der Waals surface area contributed by atoms with Crippen molar-refractivity contribution in [2.75, 3.05) is 7.11 Å². The average Bonchev–Trinajstić information content (AvgIpc) is 2.75. The van der Waals surface area contributed by atoms with Crippen molar-refractivity contribution >= 4 is 22.8 Å². The van der Waals surface area contributed by atoms with Gasteiger partial charge in [0.05, 0.1) is 18.3 Å². The van der Waals surface area contributed by atoms with Gasteiger partial charge in [0.15, 0.2) is 5.60 Å². The van der Waals surface area contributed by atoms with Gasteiger partial charge < -0.3 is 9.84 Å². The highest BCUT2D eigenvalue weighted by Gasteiger charge is 2.55. The quantitative estimate of drug-likeness (QED) is 0.300. The molecule has 0 saturated heterocycles. The van der Waals surface area contributed by atoms with Gasteiger partial charge in [0.25, 0.3) is 0 Å².